The van der Waals surface area contributed by atoms with Gasteiger partial charge >= 0.3 is 0 Å². The van der Waals surface area contributed by atoms with Gasteiger partial charge in [0.1, 0.15) is 13.2 Å². The molecule has 0 aliphatic carbocycles. The summed E-state index contributed by atoms with van der Waals surface area (Å²) in [6.07, 6.45) is 0. The van der Waals surface area contributed by atoms with Crippen molar-refractivity contribution >= 4 is 17.3 Å². The first-order valence-corrected chi connectivity index (χ1v) is 4.00. The number of hydrogen-bond donors (Lipinski definition) is 1. The fourth-order valence-corrected chi connectivity index (χ4v) is 1.33. The Morgan fingerprint density at radius 2 is 1.83 bits per heavy atom. The Hall–Kier alpha value is -1.09. The maximum Gasteiger partial charge on any atom is 0.185 e. The summed E-state index contributed by atoms with van der Waals surface area (Å²) < 4.78 is 10.6. The molecule has 2 N–H and O–H groups in total. The number of benzene rings is 1. The fraction of sp³-hybridized carbons (Fsp3) is 0.250. The average molecular weight is 186 g/mol. The number of hydrogen-bond acceptors (Lipinski definition) is 3. The molecule has 0 radical (unpaired) electrons. The Kier molecular flexibility index (Phi) is 1.73. The highest BCUT2D eigenvalue weighted by atomic mass is 35.5. The van der Waals surface area contributed by atoms with Crippen LogP contribution in [-0.4, -0.2) is 13.2 Å². The zero-order chi connectivity index (χ0) is 8.55. The molecule has 1 aliphatic heterocycles. The topological polar surface area (TPSA) is 44.5 Å². The van der Waals surface area contributed by atoms with E-state index in [2.05, 4.69) is 0 Å². The fourth-order valence-electron chi connectivity index (χ4n) is 1.12. The summed E-state index contributed by atoms with van der Waals surface area (Å²) in [6.45, 7) is 1.05. The van der Waals surface area contributed by atoms with Crippen LogP contribution in [0, 0.1) is 0 Å². The van der Waals surface area contributed by atoms with E-state index >= 15 is 0 Å². The van der Waals surface area contributed by atoms with Crippen molar-refractivity contribution in [1.82, 2.24) is 0 Å². The summed E-state index contributed by atoms with van der Waals surface area (Å²) in [7, 11) is 0. The second-order valence-electron chi connectivity index (χ2n) is 2.49. The predicted octanol–water partition coefficient (Wildman–Crippen LogP) is 1.69. The van der Waals surface area contributed by atoms with Gasteiger partial charge in [0, 0.05) is 0 Å². The zero-order valence-corrected chi connectivity index (χ0v) is 7.10. The third-order valence-electron chi connectivity index (χ3n) is 1.67. The lowest BCUT2D eigenvalue weighted by atomic mass is 10.2. The van der Waals surface area contributed by atoms with Gasteiger partial charge < -0.3 is 15.2 Å². The van der Waals surface area contributed by atoms with E-state index in [1.54, 1.807) is 12.1 Å². The van der Waals surface area contributed by atoms with Gasteiger partial charge in [-0.2, -0.15) is 0 Å². The molecule has 0 fully saturated rings. The lowest BCUT2D eigenvalue weighted by Crippen LogP contribution is -2.16. The minimum absolute atomic E-state index is 0.524. The molecule has 4 heteroatoms. The molecule has 0 saturated heterocycles. The van der Waals surface area contributed by atoms with Gasteiger partial charge in [0.05, 0.1) is 10.7 Å². The summed E-state index contributed by atoms with van der Waals surface area (Å²) in [4.78, 5) is 0. The number of halogens is 1. The molecule has 12 heavy (non-hydrogen) atoms. The van der Waals surface area contributed by atoms with Crippen LogP contribution in [-0.2, 0) is 0 Å². The summed E-state index contributed by atoms with van der Waals surface area (Å²) in [5.74, 6) is 1.12. The third-order valence-corrected chi connectivity index (χ3v) is 1.97. The molecule has 64 valence electrons. The molecule has 1 aromatic carbocycles. The SMILES string of the molecule is Nc1ccc(Cl)c2c1OCCO2. The van der Waals surface area contributed by atoms with Crippen molar-refractivity contribution < 1.29 is 9.47 Å². The van der Waals surface area contributed by atoms with E-state index in [9.17, 15) is 0 Å². The minimum Gasteiger partial charge on any atom is -0.484 e. The van der Waals surface area contributed by atoms with Crippen molar-refractivity contribution in [2.24, 2.45) is 0 Å². The van der Waals surface area contributed by atoms with Gasteiger partial charge in [-0.3, -0.25) is 0 Å². The molecule has 3 nitrogen and oxygen atoms in total. The normalized spacial score (nSPS) is 14.4. The highest BCUT2D eigenvalue weighted by Gasteiger charge is 2.17. The van der Waals surface area contributed by atoms with Crippen LogP contribution in [0.2, 0.25) is 5.02 Å². The molecule has 0 unspecified atom stereocenters. The maximum absolute atomic E-state index is 5.85. The predicted molar refractivity (Wildman–Crippen MR) is 46.9 cm³/mol. The highest BCUT2D eigenvalue weighted by molar-refractivity contribution is 6.32. The summed E-state index contributed by atoms with van der Waals surface area (Å²) in [5.41, 5.74) is 6.21. The molecule has 1 heterocycles. The number of nitrogens with two attached hydrogens (primary N) is 1. The molecular weight excluding hydrogens is 178 g/mol. The first-order chi connectivity index (χ1) is 5.79. The van der Waals surface area contributed by atoms with Crippen LogP contribution in [0.5, 0.6) is 11.5 Å². The Morgan fingerprint density at radius 1 is 1.17 bits per heavy atom. The Morgan fingerprint density at radius 3 is 2.50 bits per heavy atom. The lowest BCUT2D eigenvalue weighted by Gasteiger charge is -2.20. The van der Waals surface area contributed by atoms with Crippen molar-refractivity contribution in [1.29, 1.82) is 0 Å². The van der Waals surface area contributed by atoms with Gasteiger partial charge in [-0.15, -0.1) is 0 Å². The Labute approximate surface area is 75.0 Å². The van der Waals surface area contributed by atoms with Gasteiger partial charge in [0.25, 0.3) is 0 Å². The van der Waals surface area contributed by atoms with Crippen molar-refractivity contribution in [3.63, 3.8) is 0 Å². The first kappa shape index (κ1) is 7.55. The Bertz CT molecular complexity index is 283. The standard InChI is InChI=1S/C8H8ClNO2/c9-5-1-2-6(10)8-7(5)11-3-4-12-8/h1-2H,3-4,10H2. The highest BCUT2D eigenvalue weighted by Crippen LogP contribution is 2.41. The van der Waals surface area contributed by atoms with Gasteiger partial charge in [-0.25, -0.2) is 0 Å². The molecule has 0 spiro atoms. The number of rotatable bonds is 0. The molecule has 1 aromatic rings. The third kappa shape index (κ3) is 1.06. The molecule has 0 atom stereocenters. The van der Waals surface area contributed by atoms with Gasteiger partial charge in [-0.05, 0) is 12.1 Å². The summed E-state index contributed by atoms with van der Waals surface area (Å²) >= 11 is 5.85. The van der Waals surface area contributed by atoms with Crippen molar-refractivity contribution in [3.8, 4) is 11.5 Å². The lowest BCUT2D eigenvalue weighted by molar-refractivity contribution is 0.173. The van der Waals surface area contributed by atoms with Crippen LogP contribution in [0.25, 0.3) is 0 Å². The quantitative estimate of drug-likeness (QED) is 0.626. The van der Waals surface area contributed by atoms with Crippen LogP contribution >= 0.6 is 11.6 Å². The van der Waals surface area contributed by atoms with Crippen LogP contribution in [0.3, 0.4) is 0 Å². The van der Waals surface area contributed by atoms with E-state index in [1.807, 2.05) is 0 Å². The molecule has 2 rings (SSSR count). The number of fused-ring (bicyclic) bond motifs is 1. The second-order valence-corrected chi connectivity index (χ2v) is 2.90. The number of nitrogen functional groups attached to an aromatic ring is 1. The maximum atomic E-state index is 5.85. The van der Waals surface area contributed by atoms with Crippen LogP contribution in [0.15, 0.2) is 12.1 Å². The van der Waals surface area contributed by atoms with Crippen LogP contribution in [0.1, 0.15) is 0 Å². The van der Waals surface area contributed by atoms with E-state index in [0.717, 1.165) is 0 Å². The molecule has 0 amide bonds. The van der Waals surface area contributed by atoms with E-state index in [-0.39, 0.29) is 0 Å². The van der Waals surface area contributed by atoms with E-state index in [0.29, 0.717) is 35.4 Å². The van der Waals surface area contributed by atoms with Crippen molar-refractivity contribution in [3.05, 3.63) is 17.2 Å². The molecule has 0 bridgehead atoms. The zero-order valence-electron chi connectivity index (χ0n) is 6.34. The van der Waals surface area contributed by atoms with Gasteiger partial charge in [0.2, 0.25) is 0 Å². The summed E-state index contributed by atoms with van der Waals surface area (Å²) in [5, 5.41) is 0.541. The van der Waals surface area contributed by atoms with E-state index < -0.39 is 0 Å². The molecular formula is C8H8ClNO2. The Balaban J connectivity index is 2.57. The largest absolute Gasteiger partial charge is 0.484 e. The van der Waals surface area contributed by atoms with E-state index in [4.69, 9.17) is 26.8 Å². The van der Waals surface area contributed by atoms with E-state index in [1.165, 1.54) is 0 Å². The second kappa shape index (κ2) is 2.75. The number of ether oxygens (including phenoxy) is 2. The molecule has 0 aromatic heterocycles. The van der Waals surface area contributed by atoms with Gasteiger partial charge in [-0.1, -0.05) is 11.6 Å². The van der Waals surface area contributed by atoms with Crippen molar-refractivity contribution in [2.45, 2.75) is 0 Å². The van der Waals surface area contributed by atoms with Gasteiger partial charge in [0.15, 0.2) is 11.5 Å². The first-order valence-electron chi connectivity index (χ1n) is 3.62. The monoisotopic (exact) mass is 185 g/mol. The average Bonchev–Trinajstić information content (AvgIpc) is 2.12. The van der Waals surface area contributed by atoms with Crippen LogP contribution < -0.4 is 15.2 Å². The molecule has 0 saturated carbocycles. The van der Waals surface area contributed by atoms with Crippen LogP contribution in [0.4, 0.5) is 5.69 Å². The number of anilines is 1. The van der Waals surface area contributed by atoms with Crippen molar-refractivity contribution in [2.75, 3.05) is 18.9 Å². The minimum atomic E-state index is 0.524. The smallest absolute Gasteiger partial charge is 0.185 e. The summed E-state index contributed by atoms with van der Waals surface area (Å²) in [6, 6.07) is 3.40. The molecule has 1 aliphatic rings.